The van der Waals surface area contributed by atoms with Gasteiger partial charge in [0.1, 0.15) is 12.0 Å². The highest BCUT2D eigenvalue weighted by Gasteiger charge is 2.27. The van der Waals surface area contributed by atoms with Crippen molar-refractivity contribution in [3.8, 4) is 0 Å². The molecule has 0 unspecified atom stereocenters. The zero-order chi connectivity index (χ0) is 16.9. The Hall–Kier alpha value is -2.51. The van der Waals surface area contributed by atoms with Crippen LogP contribution >= 0.6 is 0 Å². The van der Waals surface area contributed by atoms with Crippen LogP contribution in [0.5, 0.6) is 0 Å². The molecule has 1 aliphatic heterocycles. The molecular formula is C17H19N3O4. The molecule has 2 aromatic rings. The van der Waals surface area contributed by atoms with Gasteiger partial charge in [0.05, 0.1) is 30.3 Å². The van der Waals surface area contributed by atoms with E-state index in [1.54, 1.807) is 6.07 Å². The second-order valence-corrected chi connectivity index (χ2v) is 5.72. The number of hydrogen-bond acceptors (Lipinski definition) is 6. The van der Waals surface area contributed by atoms with E-state index < -0.39 is 11.0 Å². The molecule has 1 saturated heterocycles. The molecule has 1 aliphatic rings. The molecule has 1 aromatic carbocycles. The Balaban J connectivity index is 1.74. The first kappa shape index (κ1) is 16.4. The van der Waals surface area contributed by atoms with Gasteiger partial charge in [-0.15, -0.1) is 0 Å². The van der Waals surface area contributed by atoms with E-state index in [0.717, 1.165) is 5.56 Å². The highest BCUT2D eigenvalue weighted by molar-refractivity contribution is 5.44. The molecule has 2 atom stereocenters. The molecule has 0 saturated carbocycles. The number of benzene rings is 1. The number of pyridine rings is 1. The maximum Gasteiger partial charge on any atom is 0.287 e. The van der Waals surface area contributed by atoms with E-state index in [1.165, 1.54) is 12.3 Å². The second kappa shape index (κ2) is 7.37. The van der Waals surface area contributed by atoms with Crippen LogP contribution in [0.15, 0.2) is 48.7 Å². The van der Waals surface area contributed by atoms with Gasteiger partial charge in [0.2, 0.25) is 0 Å². The van der Waals surface area contributed by atoms with E-state index in [-0.39, 0.29) is 11.7 Å². The summed E-state index contributed by atoms with van der Waals surface area (Å²) in [7, 11) is 0. The highest BCUT2D eigenvalue weighted by atomic mass is 16.6. The number of aliphatic hydroxyl groups excluding tert-OH is 1. The molecule has 0 aliphatic carbocycles. The summed E-state index contributed by atoms with van der Waals surface area (Å²) >= 11 is 0. The molecule has 0 spiro atoms. The van der Waals surface area contributed by atoms with Gasteiger partial charge in [0.15, 0.2) is 0 Å². The van der Waals surface area contributed by atoms with Crippen LogP contribution < -0.4 is 4.90 Å². The van der Waals surface area contributed by atoms with Gasteiger partial charge >= 0.3 is 0 Å². The van der Waals surface area contributed by atoms with Crippen molar-refractivity contribution in [1.29, 1.82) is 0 Å². The minimum atomic E-state index is -0.599. The van der Waals surface area contributed by atoms with Crippen molar-refractivity contribution < 1.29 is 14.8 Å². The standard InChI is InChI=1S/C17H19N3O4/c21-16(13-4-2-1-3-5-13)10-15-12-24-9-8-19(15)17-7-6-14(11-18-17)20(22)23/h1-7,11,15-16,21H,8-10,12H2/t15-,16-/m0/s1. The van der Waals surface area contributed by atoms with Gasteiger partial charge in [-0.3, -0.25) is 10.1 Å². The Kier molecular flexibility index (Phi) is 5.02. The molecule has 24 heavy (non-hydrogen) atoms. The van der Waals surface area contributed by atoms with Gasteiger partial charge < -0.3 is 14.7 Å². The summed E-state index contributed by atoms with van der Waals surface area (Å²) in [5.74, 6) is 0.661. The summed E-state index contributed by atoms with van der Waals surface area (Å²) in [6, 6.07) is 12.5. The van der Waals surface area contributed by atoms with Crippen LogP contribution in [0.3, 0.4) is 0 Å². The van der Waals surface area contributed by atoms with E-state index in [0.29, 0.717) is 32.0 Å². The van der Waals surface area contributed by atoms with Crippen molar-refractivity contribution in [2.24, 2.45) is 0 Å². The Morgan fingerprint density at radius 2 is 2.12 bits per heavy atom. The van der Waals surface area contributed by atoms with Crippen LogP contribution in [0.2, 0.25) is 0 Å². The summed E-state index contributed by atoms with van der Waals surface area (Å²) in [6.07, 6.45) is 1.16. The summed E-state index contributed by atoms with van der Waals surface area (Å²) in [6.45, 7) is 1.69. The van der Waals surface area contributed by atoms with Crippen molar-refractivity contribution >= 4 is 11.5 Å². The molecule has 2 heterocycles. The van der Waals surface area contributed by atoms with Crippen molar-refractivity contribution in [2.75, 3.05) is 24.7 Å². The van der Waals surface area contributed by atoms with Crippen LogP contribution in [0.1, 0.15) is 18.1 Å². The van der Waals surface area contributed by atoms with Crippen LogP contribution in [-0.4, -0.2) is 40.8 Å². The number of ether oxygens (including phenoxy) is 1. The van der Waals surface area contributed by atoms with Crippen LogP contribution in [0.25, 0.3) is 0 Å². The fraction of sp³-hybridized carbons (Fsp3) is 0.353. The SMILES string of the molecule is O=[N+]([O-])c1ccc(N2CCOC[C@@H]2C[C@H](O)c2ccccc2)nc1. The fourth-order valence-corrected chi connectivity index (χ4v) is 2.88. The summed E-state index contributed by atoms with van der Waals surface area (Å²) in [4.78, 5) is 16.5. The number of aliphatic hydroxyl groups is 1. The average molecular weight is 329 g/mol. The van der Waals surface area contributed by atoms with Gasteiger partial charge in [-0.05, 0) is 11.6 Å². The van der Waals surface area contributed by atoms with E-state index in [9.17, 15) is 15.2 Å². The molecule has 0 radical (unpaired) electrons. The minimum Gasteiger partial charge on any atom is -0.388 e. The Labute approximate surface area is 139 Å². The first-order chi connectivity index (χ1) is 11.6. The average Bonchev–Trinajstić information content (AvgIpc) is 2.63. The lowest BCUT2D eigenvalue weighted by molar-refractivity contribution is -0.385. The van der Waals surface area contributed by atoms with Gasteiger partial charge in [-0.25, -0.2) is 4.98 Å². The number of hydrogen-bond donors (Lipinski definition) is 1. The maximum absolute atomic E-state index is 10.8. The van der Waals surface area contributed by atoms with Crippen LogP contribution in [0, 0.1) is 10.1 Å². The third-order valence-corrected chi connectivity index (χ3v) is 4.14. The molecule has 1 N–H and O–H groups in total. The Morgan fingerprint density at radius 1 is 1.33 bits per heavy atom. The summed E-state index contributed by atoms with van der Waals surface area (Å²) in [5, 5.41) is 21.2. The molecule has 1 fully saturated rings. The monoisotopic (exact) mass is 329 g/mol. The second-order valence-electron chi connectivity index (χ2n) is 5.72. The quantitative estimate of drug-likeness (QED) is 0.669. The molecule has 1 aromatic heterocycles. The number of aromatic nitrogens is 1. The molecule has 0 bridgehead atoms. The Bertz CT molecular complexity index is 678. The lowest BCUT2D eigenvalue weighted by atomic mass is 10.0. The molecular weight excluding hydrogens is 310 g/mol. The predicted molar refractivity (Wildman–Crippen MR) is 88.9 cm³/mol. The normalized spacial score (nSPS) is 19.0. The van der Waals surface area contributed by atoms with Crippen LogP contribution in [-0.2, 0) is 4.74 Å². The largest absolute Gasteiger partial charge is 0.388 e. The lowest BCUT2D eigenvalue weighted by Crippen LogP contribution is -2.46. The van der Waals surface area contributed by atoms with Crippen molar-refractivity contribution in [3.63, 3.8) is 0 Å². The third kappa shape index (κ3) is 3.69. The number of nitro groups is 1. The van der Waals surface area contributed by atoms with Gasteiger partial charge in [-0.1, -0.05) is 30.3 Å². The van der Waals surface area contributed by atoms with E-state index >= 15 is 0 Å². The smallest absolute Gasteiger partial charge is 0.287 e. The first-order valence-electron chi connectivity index (χ1n) is 7.83. The van der Waals surface area contributed by atoms with E-state index in [1.807, 2.05) is 35.2 Å². The van der Waals surface area contributed by atoms with Crippen molar-refractivity contribution in [3.05, 3.63) is 64.3 Å². The maximum atomic E-state index is 10.8. The molecule has 7 heteroatoms. The van der Waals surface area contributed by atoms with E-state index in [2.05, 4.69) is 4.98 Å². The van der Waals surface area contributed by atoms with Crippen molar-refractivity contribution in [2.45, 2.75) is 18.6 Å². The summed E-state index contributed by atoms with van der Waals surface area (Å²) in [5.41, 5.74) is 0.826. The number of anilines is 1. The predicted octanol–water partition coefficient (Wildman–Crippen LogP) is 2.32. The van der Waals surface area contributed by atoms with Crippen molar-refractivity contribution in [1.82, 2.24) is 4.98 Å². The first-order valence-corrected chi connectivity index (χ1v) is 7.83. The third-order valence-electron chi connectivity index (χ3n) is 4.14. The zero-order valence-electron chi connectivity index (χ0n) is 13.1. The van der Waals surface area contributed by atoms with Gasteiger partial charge in [0.25, 0.3) is 5.69 Å². The lowest BCUT2D eigenvalue weighted by Gasteiger charge is -2.37. The molecule has 3 rings (SSSR count). The van der Waals surface area contributed by atoms with Gasteiger partial charge in [0, 0.05) is 19.0 Å². The number of rotatable bonds is 5. The molecule has 0 amide bonds. The number of nitrogens with zero attached hydrogens (tertiary/aromatic N) is 3. The summed E-state index contributed by atoms with van der Waals surface area (Å²) < 4.78 is 5.54. The molecule has 126 valence electrons. The zero-order valence-corrected chi connectivity index (χ0v) is 13.1. The highest BCUT2D eigenvalue weighted by Crippen LogP contribution is 2.26. The Morgan fingerprint density at radius 3 is 2.79 bits per heavy atom. The topological polar surface area (TPSA) is 88.7 Å². The minimum absolute atomic E-state index is 0.0344. The van der Waals surface area contributed by atoms with Crippen LogP contribution in [0.4, 0.5) is 11.5 Å². The molecule has 7 nitrogen and oxygen atoms in total. The van der Waals surface area contributed by atoms with E-state index in [4.69, 9.17) is 4.74 Å². The number of morpholine rings is 1. The van der Waals surface area contributed by atoms with Gasteiger partial charge in [-0.2, -0.15) is 0 Å². The fourth-order valence-electron chi connectivity index (χ4n) is 2.88.